The first-order valence-electron chi connectivity index (χ1n) is 4.09. The molecular formula is C10H10F2O2. The van der Waals surface area contributed by atoms with Crippen LogP contribution in [0.25, 0.3) is 0 Å². The minimum Gasteiger partial charge on any atom is -0.469 e. The second kappa shape index (κ2) is 4.17. The number of carbonyl (C=O) groups is 1. The summed E-state index contributed by atoms with van der Waals surface area (Å²) in [6.45, 7) is 1.46. The van der Waals surface area contributed by atoms with Crippen molar-refractivity contribution in [3.05, 3.63) is 35.4 Å². The van der Waals surface area contributed by atoms with Crippen LogP contribution in [0.4, 0.5) is 8.78 Å². The first kappa shape index (κ1) is 10.6. The van der Waals surface area contributed by atoms with Crippen molar-refractivity contribution in [3.8, 4) is 0 Å². The molecule has 0 aliphatic carbocycles. The van der Waals surface area contributed by atoms with Crippen molar-refractivity contribution in [2.45, 2.75) is 12.8 Å². The third-order valence-electron chi connectivity index (χ3n) is 2.00. The minimum atomic E-state index is -0.995. The Labute approximate surface area is 80.5 Å². The Hall–Kier alpha value is -1.45. The molecule has 0 unspecified atom stereocenters. The maximum Gasteiger partial charge on any atom is 0.312 e. The molecule has 0 aliphatic heterocycles. The van der Waals surface area contributed by atoms with E-state index in [-0.39, 0.29) is 5.56 Å². The molecule has 0 bridgehead atoms. The molecule has 1 atom stereocenters. The maximum absolute atomic E-state index is 13.2. The molecule has 76 valence electrons. The van der Waals surface area contributed by atoms with Crippen molar-refractivity contribution in [3.63, 3.8) is 0 Å². The summed E-state index contributed by atoms with van der Waals surface area (Å²) in [6, 6.07) is 3.72. The van der Waals surface area contributed by atoms with E-state index < -0.39 is 23.5 Å². The van der Waals surface area contributed by atoms with Crippen LogP contribution >= 0.6 is 0 Å². The number of methoxy groups -OCH3 is 1. The van der Waals surface area contributed by atoms with E-state index in [1.165, 1.54) is 26.2 Å². The average Bonchev–Trinajstić information content (AvgIpc) is 2.20. The smallest absolute Gasteiger partial charge is 0.312 e. The molecule has 0 aromatic heterocycles. The van der Waals surface area contributed by atoms with Crippen molar-refractivity contribution in [1.29, 1.82) is 0 Å². The van der Waals surface area contributed by atoms with Gasteiger partial charge in [0.1, 0.15) is 0 Å². The van der Waals surface area contributed by atoms with Crippen molar-refractivity contribution in [2.75, 3.05) is 7.11 Å². The topological polar surface area (TPSA) is 26.3 Å². The zero-order valence-corrected chi connectivity index (χ0v) is 7.88. The van der Waals surface area contributed by atoms with Crippen LogP contribution in [0.15, 0.2) is 18.2 Å². The van der Waals surface area contributed by atoms with Crippen LogP contribution in [-0.2, 0) is 9.53 Å². The fraction of sp³-hybridized carbons (Fsp3) is 0.300. The van der Waals surface area contributed by atoms with Gasteiger partial charge in [0.05, 0.1) is 13.0 Å². The standard InChI is InChI=1S/C10H10F2O2/c1-6(10(13)14-2)7-4-3-5-8(11)9(7)12/h3-6H,1-2H3/t6-/m0/s1. The van der Waals surface area contributed by atoms with E-state index >= 15 is 0 Å². The van der Waals surface area contributed by atoms with Crippen molar-refractivity contribution >= 4 is 5.97 Å². The van der Waals surface area contributed by atoms with E-state index in [1.54, 1.807) is 0 Å². The van der Waals surface area contributed by atoms with E-state index in [9.17, 15) is 13.6 Å². The molecule has 4 heteroatoms. The number of ether oxygens (including phenoxy) is 1. The molecule has 1 aromatic carbocycles. The number of benzene rings is 1. The molecule has 0 heterocycles. The van der Waals surface area contributed by atoms with Crippen molar-refractivity contribution in [2.24, 2.45) is 0 Å². The Morgan fingerprint density at radius 1 is 1.43 bits per heavy atom. The third-order valence-corrected chi connectivity index (χ3v) is 2.00. The molecule has 0 spiro atoms. The monoisotopic (exact) mass is 200 g/mol. The number of hydrogen-bond donors (Lipinski definition) is 0. The average molecular weight is 200 g/mol. The summed E-state index contributed by atoms with van der Waals surface area (Å²) in [6.07, 6.45) is 0. The third kappa shape index (κ3) is 1.89. The molecule has 14 heavy (non-hydrogen) atoms. The highest BCUT2D eigenvalue weighted by atomic mass is 19.2. The SMILES string of the molecule is COC(=O)[C@@H](C)c1cccc(F)c1F. The first-order chi connectivity index (χ1) is 6.57. The predicted molar refractivity (Wildman–Crippen MR) is 46.8 cm³/mol. The number of halogens is 2. The highest BCUT2D eigenvalue weighted by Gasteiger charge is 2.20. The van der Waals surface area contributed by atoms with Gasteiger partial charge in [0.25, 0.3) is 0 Å². The molecule has 0 saturated heterocycles. The van der Waals surface area contributed by atoms with Gasteiger partial charge in [-0.25, -0.2) is 8.78 Å². The van der Waals surface area contributed by atoms with Gasteiger partial charge in [-0.2, -0.15) is 0 Å². The normalized spacial score (nSPS) is 12.3. The Kier molecular flexibility index (Phi) is 3.17. The van der Waals surface area contributed by atoms with Gasteiger partial charge in [0, 0.05) is 5.56 Å². The summed E-state index contributed by atoms with van der Waals surface area (Å²) in [7, 11) is 1.20. The van der Waals surface area contributed by atoms with Crippen LogP contribution in [-0.4, -0.2) is 13.1 Å². The number of rotatable bonds is 2. The molecule has 1 rings (SSSR count). The molecule has 0 radical (unpaired) electrons. The molecule has 2 nitrogen and oxygen atoms in total. The quantitative estimate of drug-likeness (QED) is 0.684. The highest BCUT2D eigenvalue weighted by Crippen LogP contribution is 2.21. The van der Waals surface area contributed by atoms with Gasteiger partial charge in [-0.15, -0.1) is 0 Å². The van der Waals surface area contributed by atoms with Gasteiger partial charge in [0.15, 0.2) is 11.6 Å². The zero-order chi connectivity index (χ0) is 10.7. The number of esters is 1. The van der Waals surface area contributed by atoms with Crippen LogP contribution in [0.2, 0.25) is 0 Å². The first-order valence-corrected chi connectivity index (χ1v) is 4.09. The van der Waals surface area contributed by atoms with Crippen LogP contribution in [0.5, 0.6) is 0 Å². The van der Waals surface area contributed by atoms with Crippen molar-refractivity contribution in [1.82, 2.24) is 0 Å². The van der Waals surface area contributed by atoms with Gasteiger partial charge < -0.3 is 4.74 Å². The summed E-state index contributed by atoms with van der Waals surface area (Å²) in [5.74, 6) is -3.34. The lowest BCUT2D eigenvalue weighted by atomic mass is 10.0. The Morgan fingerprint density at radius 2 is 2.07 bits per heavy atom. The number of hydrogen-bond acceptors (Lipinski definition) is 2. The van der Waals surface area contributed by atoms with Gasteiger partial charge in [-0.3, -0.25) is 4.79 Å². The fourth-order valence-corrected chi connectivity index (χ4v) is 1.16. The zero-order valence-electron chi connectivity index (χ0n) is 7.88. The molecule has 0 N–H and O–H groups in total. The summed E-state index contributed by atoms with van der Waals surface area (Å²) in [5.41, 5.74) is 0.0110. The van der Waals surface area contributed by atoms with E-state index in [1.807, 2.05) is 0 Å². The van der Waals surface area contributed by atoms with Crippen LogP contribution in [0.1, 0.15) is 18.4 Å². The van der Waals surface area contributed by atoms with Gasteiger partial charge in [-0.1, -0.05) is 12.1 Å². The highest BCUT2D eigenvalue weighted by molar-refractivity contribution is 5.77. The summed E-state index contributed by atoms with van der Waals surface area (Å²) >= 11 is 0. The summed E-state index contributed by atoms with van der Waals surface area (Å²) < 4.78 is 30.4. The van der Waals surface area contributed by atoms with Crippen LogP contribution < -0.4 is 0 Å². The van der Waals surface area contributed by atoms with E-state index in [0.717, 1.165) is 6.07 Å². The van der Waals surface area contributed by atoms with Crippen LogP contribution in [0, 0.1) is 11.6 Å². The van der Waals surface area contributed by atoms with E-state index in [4.69, 9.17) is 0 Å². The summed E-state index contributed by atoms with van der Waals surface area (Å²) in [4.78, 5) is 11.1. The van der Waals surface area contributed by atoms with E-state index in [2.05, 4.69) is 4.74 Å². The Balaban J connectivity index is 3.07. The molecule has 0 amide bonds. The molecule has 0 aliphatic rings. The Bertz CT molecular complexity index is 350. The lowest BCUT2D eigenvalue weighted by Gasteiger charge is -2.10. The lowest BCUT2D eigenvalue weighted by Crippen LogP contribution is -2.12. The molecular weight excluding hydrogens is 190 g/mol. The minimum absolute atomic E-state index is 0.0110. The van der Waals surface area contributed by atoms with Gasteiger partial charge in [0.2, 0.25) is 0 Å². The molecule has 0 fully saturated rings. The fourth-order valence-electron chi connectivity index (χ4n) is 1.16. The summed E-state index contributed by atoms with van der Waals surface area (Å²) in [5, 5.41) is 0. The largest absolute Gasteiger partial charge is 0.469 e. The van der Waals surface area contributed by atoms with E-state index in [0.29, 0.717) is 0 Å². The maximum atomic E-state index is 13.2. The lowest BCUT2D eigenvalue weighted by molar-refractivity contribution is -0.142. The number of carbonyl (C=O) groups excluding carboxylic acids is 1. The predicted octanol–water partition coefficient (Wildman–Crippen LogP) is 2.24. The Morgan fingerprint density at radius 3 is 2.64 bits per heavy atom. The molecule has 1 aromatic rings. The second-order valence-corrected chi connectivity index (χ2v) is 2.89. The van der Waals surface area contributed by atoms with Crippen LogP contribution in [0.3, 0.4) is 0 Å². The van der Waals surface area contributed by atoms with Gasteiger partial charge >= 0.3 is 5.97 Å². The van der Waals surface area contributed by atoms with Gasteiger partial charge in [-0.05, 0) is 13.0 Å². The second-order valence-electron chi connectivity index (χ2n) is 2.89. The van der Waals surface area contributed by atoms with Crippen molar-refractivity contribution < 1.29 is 18.3 Å². The molecule has 0 saturated carbocycles.